The van der Waals surface area contributed by atoms with Gasteiger partial charge in [0.05, 0.1) is 11.8 Å². The predicted molar refractivity (Wildman–Crippen MR) is 92.6 cm³/mol. The number of nitrogens with zero attached hydrogens (tertiary/aromatic N) is 3. The van der Waals surface area contributed by atoms with E-state index in [9.17, 15) is 18.0 Å². The molecule has 0 saturated carbocycles. The Balaban J connectivity index is 1.66. The number of hydrogen-bond donors (Lipinski definition) is 0. The smallest absolute Gasteiger partial charge is 0.338 e. The van der Waals surface area contributed by atoms with Crippen LogP contribution in [-0.4, -0.2) is 33.6 Å². The Bertz CT molecular complexity index is 797. The van der Waals surface area contributed by atoms with Crippen molar-refractivity contribution in [3.8, 4) is 0 Å². The minimum atomic E-state index is -4.52. The van der Waals surface area contributed by atoms with Crippen LogP contribution in [-0.2, 0) is 17.4 Å². The Morgan fingerprint density at radius 1 is 1.31 bits per heavy atom. The summed E-state index contributed by atoms with van der Waals surface area (Å²) in [6.45, 7) is 0. The SMILES string of the molecule is CN(C(=O)CSc1nccc(C(F)(F)F)n1)C1CCCc2ccccc21. The van der Waals surface area contributed by atoms with Gasteiger partial charge in [0, 0.05) is 13.2 Å². The molecule has 1 aromatic heterocycles. The molecule has 4 nitrogen and oxygen atoms in total. The highest BCUT2D eigenvalue weighted by Gasteiger charge is 2.33. The highest BCUT2D eigenvalue weighted by molar-refractivity contribution is 7.99. The summed E-state index contributed by atoms with van der Waals surface area (Å²) in [5, 5.41) is -0.0504. The van der Waals surface area contributed by atoms with Gasteiger partial charge in [0.25, 0.3) is 0 Å². The third-order valence-electron chi connectivity index (χ3n) is 4.45. The molecule has 3 rings (SSSR count). The molecule has 1 heterocycles. The molecule has 0 radical (unpaired) electrons. The molecule has 26 heavy (non-hydrogen) atoms. The first-order chi connectivity index (χ1) is 12.4. The quantitative estimate of drug-likeness (QED) is 0.590. The van der Waals surface area contributed by atoms with E-state index in [2.05, 4.69) is 16.0 Å². The number of carbonyl (C=O) groups is 1. The van der Waals surface area contributed by atoms with Crippen molar-refractivity contribution < 1.29 is 18.0 Å². The molecule has 0 spiro atoms. The number of aryl methyl sites for hydroxylation is 1. The van der Waals surface area contributed by atoms with Gasteiger partial charge in [-0.25, -0.2) is 9.97 Å². The standard InChI is InChI=1S/C18H18F3N3OS/c1-24(14-8-4-6-12-5-2-3-7-13(12)14)16(25)11-26-17-22-10-9-15(23-17)18(19,20)21/h2-3,5,7,9-10,14H,4,6,8,11H2,1H3. The average Bonchev–Trinajstić information content (AvgIpc) is 2.64. The maximum Gasteiger partial charge on any atom is 0.433 e. The Hall–Kier alpha value is -2.09. The van der Waals surface area contributed by atoms with Crippen molar-refractivity contribution in [1.82, 2.24) is 14.9 Å². The van der Waals surface area contributed by atoms with Crippen LogP contribution in [0.2, 0.25) is 0 Å². The van der Waals surface area contributed by atoms with E-state index in [0.717, 1.165) is 48.9 Å². The normalized spacial score (nSPS) is 16.8. The molecule has 1 amide bonds. The number of rotatable bonds is 4. The zero-order valence-electron chi connectivity index (χ0n) is 14.2. The Morgan fingerprint density at radius 2 is 2.08 bits per heavy atom. The van der Waals surface area contributed by atoms with Gasteiger partial charge in [-0.3, -0.25) is 4.79 Å². The van der Waals surface area contributed by atoms with Crippen LogP contribution in [0.15, 0.2) is 41.7 Å². The molecular weight excluding hydrogens is 363 g/mol. The van der Waals surface area contributed by atoms with Crippen molar-refractivity contribution in [2.24, 2.45) is 0 Å². The highest BCUT2D eigenvalue weighted by atomic mass is 32.2. The van der Waals surface area contributed by atoms with Gasteiger partial charge in [-0.15, -0.1) is 0 Å². The van der Waals surface area contributed by atoms with Crippen molar-refractivity contribution in [2.75, 3.05) is 12.8 Å². The number of hydrogen-bond acceptors (Lipinski definition) is 4. The monoisotopic (exact) mass is 381 g/mol. The summed E-state index contributed by atoms with van der Waals surface area (Å²) in [4.78, 5) is 21.5. The highest BCUT2D eigenvalue weighted by Crippen LogP contribution is 2.34. The fourth-order valence-corrected chi connectivity index (χ4v) is 3.86. The van der Waals surface area contributed by atoms with Crippen molar-refractivity contribution in [2.45, 2.75) is 36.6 Å². The summed E-state index contributed by atoms with van der Waals surface area (Å²) in [7, 11) is 1.74. The van der Waals surface area contributed by atoms with Crippen LogP contribution < -0.4 is 0 Å². The summed E-state index contributed by atoms with van der Waals surface area (Å²) in [5.41, 5.74) is 1.39. The van der Waals surface area contributed by atoms with E-state index in [1.807, 2.05) is 18.2 Å². The molecule has 138 valence electrons. The Morgan fingerprint density at radius 3 is 2.85 bits per heavy atom. The number of halogens is 3. The van der Waals surface area contributed by atoms with Gasteiger partial charge >= 0.3 is 6.18 Å². The van der Waals surface area contributed by atoms with Gasteiger partial charge in [-0.2, -0.15) is 13.2 Å². The van der Waals surface area contributed by atoms with Gasteiger partial charge < -0.3 is 4.90 Å². The molecule has 1 unspecified atom stereocenters. The largest absolute Gasteiger partial charge is 0.433 e. The number of aromatic nitrogens is 2. The second kappa shape index (κ2) is 7.65. The third-order valence-corrected chi connectivity index (χ3v) is 5.29. The van der Waals surface area contributed by atoms with Crippen LogP contribution in [0.4, 0.5) is 13.2 Å². The van der Waals surface area contributed by atoms with Gasteiger partial charge in [-0.1, -0.05) is 36.0 Å². The first-order valence-electron chi connectivity index (χ1n) is 8.23. The summed E-state index contributed by atoms with van der Waals surface area (Å²) in [5.74, 6) is -0.158. The van der Waals surface area contributed by atoms with E-state index in [1.165, 1.54) is 5.56 Å². The molecule has 1 aromatic carbocycles. The van der Waals surface area contributed by atoms with Crippen molar-refractivity contribution in [3.63, 3.8) is 0 Å². The lowest BCUT2D eigenvalue weighted by molar-refractivity contribution is -0.141. The van der Waals surface area contributed by atoms with Gasteiger partial charge in [0.2, 0.25) is 5.91 Å². The second-order valence-electron chi connectivity index (χ2n) is 6.12. The van der Waals surface area contributed by atoms with E-state index in [4.69, 9.17) is 0 Å². The molecule has 0 fully saturated rings. The molecule has 1 atom stereocenters. The predicted octanol–water partition coefficient (Wildman–Crippen LogP) is 4.12. The maximum absolute atomic E-state index is 12.7. The summed E-state index contributed by atoms with van der Waals surface area (Å²) >= 11 is 0.919. The fourth-order valence-electron chi connectivity index (χ4n) is 3.10. The number of carbonyl (C=O) groups excluding carboxylic acids is 1. The second-order valence-corrected chi connectivity index (χ2v) is 7.06. The zero-order chi connectivity index (χ0) is 18.7. The molecule has 0 N–H and O–H groups in total. The summed E-state index contributed by atoms with van der Waals surface area (Å²) in [6, 6.07) is 8.87. The molecule has 0 aliphatic heterocycles. The first kappa shape index (κ1) is 18.7. The van der Waals surface area contributed by atoms with Crippen LogP contribution in [0, 0.1) is 0 Å². The first-order valence-corrected chi connectivity index (χ1v) is 9.21. The number of thioether (sulfide) groups is 1. The van der Waals surface area contributed by atoms with Gasteiger partial charge in [0.1, 0.15) is 5.69 Å². The Labute approximate surface area is 153 Å². The van der Waals surface area contributed by atoms with Gasteiger partial charge in [0.15, 0.2) is 5.16 Å². The van der Waals surface area contributed by atoms with E-state index < -0.39 is 11.9 Å². The zero-order valence-corrected chi connectivity index (χ0v) is 15.0. The lowest BCUT2D eigenvalue weighted by Gasteiger charge is -2.33. The number of benzene rings is 1. The van der Waals surface area contributed by atoms with E-state index in [0.29, 0.717) is 0 Å². The maximum atomic E-state index is 12.7. The van der Waals surface area contributed by atoms with Gasteiger partial charge in [-0.05, 0) is 36.5 Å². The third kappa shape index (κ3) is 4.17. The minimum Gasteiger partial charge on any atom is -0.338 e. The molecule has 1 aliphatic rings. The van der Waals surface area contributed by atoms with E-state index >= 15 is 0 Å². The van der Waals surface area contributed by atoms with Crippen molar-refractivity contribution >= 4 is 17.7 Å². The van der Waals surface area contributed by atoms with Crippen LogP contribution in [0.3, 0.4) is 0 Å². The Kier molecular flexibility index (Phi) is 5.50. The van der Waals surface area contributed by atoms with Crippen LogP contribution in [0.1, 0.15) is 35.7 Å². The van der Waals surface area contributed by atoms with Crippen LogP contribution in [0.5, 0.6) is 0 Å². The molecule has 0 bridgehead atoms. The van der Waals surface area contributed by atoms with E-state index in [1.54, 1.807) is 11.9 Å². The summed E-state index contributed by atoms with van der Waals surface area (Å²) in [6.07, 6.45) is -0.580. The number of alkyl halides is 3. The van der Waals surface area contributed by atoms with Crippen LogP contribution >= 0.6 is 11.8 Å². The molecule has 2 aromatic rings. The van der Waals surface area contributed by atoms with Crippen molar-refractivity contribution in [3.05, 3.63) is 53.3 Å². The lowest BCUT2D eigenvalue weighted by Crippen LogP contribution is -2.34. The minimum absolute atomic E-state index is 0.00349. The molecular formula is C18H18F3N3OS. The van der Waals surface area contributed by atoms with E-state index in [-0.39, 0.29) is 22.9 Å². The van der Waals surface area contributed by atoms with Crippen LogP contribution in [0.25, 0.3) is 0 Å². The topological polar surface area (TPSA) is 46.1 Å². The molecule has 0 saturated heterocycles. The van der Waals surface area contributed by atoms with Crippen molar-refractivity contribution in [1.29, 1.82) is 0 Å². The molecule has 8 heteroatoms. The average molecular weight is 381 g/mol. The lowest BCUT2D eigenvalue weighted by atomic mass is 9.87. The number of fused-ring (bicyclic) bond motifs is 1. The fraction of sp³-hybridized carbons (Fsp3) is 0.389. The summed E-state index contributed by atoms with van der Waals surface area (Å²) < 4.78 is 38.1. The number of amides is 1. The molecule has 1 aliphatic carbocycles.